The van der Waals surface area contributed by atoms with Crippen molar-refractivity contribution in [3.8, 4) is 5.75 Å². The van der Waals surface area contributed by atoms with Crippen LogP contribution in [0, 0.1) is 5.92 Å². The molecule has 1 unspecified atom stereocenters. The van der Waals surface area contributed by atoms with Crippen molar-refractivity contribution in [1.29, 1.82) is 0 Å². The molecule has 1 saturated heterocycles. The van der Waals surface area contributed by atoms with Gasteiger partial charge in [0.2, 0.25) is 11.8 Å². The molecule has 0 radical (unpaired) electrons. The predicted octanol–water partition coefficient (Wildman–Crippen LogP) is 1.89. The lowest BCUT2D eigenvalue weighted by Crippen LogP contribution is -2.51. The van der Waals surface area contributed by atoms with E-state index in [1.54, 1.807) is 0 Å². The van der Waals surface area contributed by atoms with Gasteiger partial charge in [-0.3, -0.25) is 14.5 Å². The Labute approximate surface area is 156 Å². The third kappa shape index (κ3) is 6.02. The zero-order chi connectivity index (χ0) is 18.9. The Bertz CT molecular complexity index is 580. The molecule has 1 heterocycles. The molecule has 0 spiro atoms. The number of amides is 2. The third-order valence-electron chi connectivity index (χ3n) is 4.84. The summed E-state index contributed by atoms with van der Waals surface area (Å²) >= 11 is 0. The standard InChI is InChI=1S/C20H31N3O3/c1-4-16(3)20(25)21-14-19(24)23-12-10-22(11-13-23)15-17-6-8-18(9-7-17)26-5-2/h6-9,16H,4-5,10-15H2,1-3H3,(H,21,25). The van der Waals surface area contributed by atoms with Crippen LogP contribution in [-0.2, 0) is 16.1 Å². The van der Waals surface area contributed by atoms with Gasteiger partial charge in [-0.2, -0.15) is 0 Å². The van der Waals surface area contributed by atoms with E-state index in [4.69, 9.17) is 4.74 Å². The summed E-state index contributed by atoms with van der Waals surface area (Å²) in [4.78, 5) is 28.2. The summed E-state index contributed by atoms with van der Waals surface area (Å²) in [7, 11) is 0. The molecule has 2 rings (SSSR count). The summed E-state index contributed by atoms with van der Waals surface area (Å²) in [5.74, 6) is 0.803. The number of nitrogens with zero attached hydrogens (tertiary/aromatic N) is 2. The van der Waals surface area contributed by atoms with E-state index in [0.29, 0.717) is 19.7 Å². The molecule has 0 bridgehead atoms. The first-order chi connectivity index (χ1) is 12.5. The molecule has 2 amide bonds. The van der Waals surface area contributed by atoms with Gasteiger partial charge in [0.15, 0.2) is 0 Å². The van der Waals surface area contributed by atoms with E-state index in [0.717, 1.165) is 31.8 Å². The topological polar surface area (TPSA) is 61.9 Å². The van der Waals surface area contributed by atoms with Crippen LogP contribution in [0.3, 0.4) is 0 Å². The van der Waals surface area contributed by atoms with Crippen LogP contribution in [0.2, 0.25) is 0 Å². The fourth-order valence-electron chi connectivity index (χ4n) is 2.91. The van der Waals surface area contributed by atoms with Gasteiger partial charge in [-0.1, -0.05) is 26.0 Å². The number of piperazine rings is 1. The lowest BCUT2D eigenvalue weighted by atomic mass is 10.1. The lowest BCUT2D eigenvalue weighted by Gasteiger charge is -2.34. The number of nitrogens with one attached hydrogen (secondary N) is 1. The van der Waals surface area contributed by atoms with Gasteiger partial charge in [0.05, 0.1) is 13.2 Å². The Morgan fingerprint density at radius 1 is 1.12 bits per heavy atom. The van der Waals surface area contributed by atoms with Crippen molar-refractivity contribution < 1.29 is 14.3 Å². The van der Waals surface area contributed by atoms with Crippen molar-refractivity contribution in [2.45, 2.75) is 33.7 Å². The summed E-state index contributed by atoms with van der Waals surface area (Å²) in [6.07, 6.45) is 0.782. The molecule has 1 N–H and O–H groups in total. The maximum absolute atomic E-state index is 12.3. The van der Waals surface area contributed by atoms with Crippen molar-refractivity contribution in [2.75, 3.05) is 39.3 Å². The average molecular weight is 361 g/mol. The highest BCUT2D eigenvalue weighted by Crippen LogP contribution is 2.14. The predicted molar refractivity (Wildman–Crippen MR) is 102 cm³/mol. The average Bonchev–Trinajstić information content (AvgIpc) is 2.67. The summed E-state index contributed by atoms with van der Waals surface area (Å²) in [6, 6.07) is 8.18. The first-order valence-corrected chi connectivity index (χ1v) is 9.53. The van der Waals surface area contributed by atoms with Crippen molar-refractivity contribution in [2.24, 2.45) is 5.92 Å². The quantitative estimate of drug-likeness (QED) is 0.768. The zero-order valence-corrected chi connectivity index (χ0v) is 16.2. The largest absolute Gasteiger partial charge is 0.494 e. The van der Waals surface area contributed by atoms with Crippen molar-refractivity contribution >= 4 is 11.8 Å². The number of carbonyl (C=O) groups is 2. The molecule has 144 valence electrons. The number of carbonyl (C=O) groups excluding carboxylic acids is 2. The lowest BCUT2D eigenvalue weighted by molar-refractivity contribution is -0.135. The zero-order valence-electron chi connectivity index (χ0n) is 16.2. The van der Waals surface area contributed by atoms with E-state index in [9.17, 15) is 9.59 Å². The highest BCUT2D eigenvalue weighted by atomic mass is 16.5. The monoisotopic (exact) mass is 361 g/mol. The van der Waals surface area contributed by atoms with Gasteiger partial charge >= 0.3 is 0 Å². The first-order valence-electron chi connectivity index (χ1n) is 9.53. The van der Waals surface area contributed by atoms with Crippen molar-refractivity contribution in [3.63, 3.8) is 0 Å². The molecule has 1 aromatic carbocycles. The van der Waals surface area contributed by atoms with Crippen LogP contribution in [0.15, 0.2) is 24.3 Å². The number of rotatable bonds is 8. The van der Waals surface area contributed by atoms with Gasteiger partial charge in [-0.25, -0.2) is 0 Å². The molecule has 0 aromatic heterocycles. The molecule has 6 nitrogen and oxygen atoms in total. The van der Waals surface area contributed by atoms with Gasteiger partial charge < -0.3 is 15.0 Å². The molecular weight excluding hydrogens is 330 g/mol. The normalized spacial score (nSPS) is 16.2. The summed E-state index contributed by atoms with van der Waals surface area (Å²) < 4.78 is 5.47. The molecular formula is C20H31N3O3. The van der Waals surface area contributed by atoms with Crippen LogP contribution in [0.5, 0.6) is 5.75 Å². The second-order valence-corrected chi connectivity index (χ2v) is 6.76. The summed E-state index contributed by atoms with van der Waals surface area (Å²) in [5.41, 5.74) is 1.24. The molecule has 1 fully saturated rings. The van der Waals surface area contributed by atoms with Gasteiger partial charge in [-0.15, -0.1) is 0 Å². The second kappa shape index (κ2) is 10.2. The molecule has 0 aliphatic carbocycles. The Hall–Kier alpha value is -2.08. The number of hydrogen-bond acceptors (Lipinski definition) is 4. The van der Waals surface area contributed by atoms with E-state index < -0.39 is 0 Å². The molecule has 1 atom stereocenters. The molecule has 1 aliphatic heterocycles. The number of benzene rings is 1. The van der Waals surface area contributed by atoms with Crippen molar-refractivity contribution in [3.05, 3.63) is 29.8 Å². The molecule has 0 saturated carbocycles. The minimum absolute atomic E-state index is 0.00219. The van der Waals surface area contributed by atoms with Gasteiger partial charge in [0.1, 0.15) is 5.75 Å². The minimum Gasteiger partial charge on any atom is -0.494 e. The fraction of sp³-hybridized carbons (Fsp3) is 0.600. The number of ether oxygens (including phenoxy) is 1. The van der Waals surface area contributed by atoms with E-state index in [1.165, 1.54) is 5.56 Å². The van der Waals surface area contributed by atoms with Crippen molar-refractivity contribution in [1.82, 2.24) is 15.1 Å². The first kappa shape index (κ1) is 20.2. The fourth-order valence-corrected chi connectivity index (χ4v) is 2.91. The van der Waals surface area contributed by atoms with E-state index in [1.807, 2.05) is 37.8 Å². The molecule has 26 heavy (non-hydrogen) atoms. The van der Waals surface area contributed by atoms with Crippen LogP contribution in [-0.4, -0.2) is 60.9 Å². The maximum atomic E-state index is 12.3. The van der Waals surface area contributed by atoms with Crippen LogP contribution in [0.1, 0.15) is 32.8 Å². The van der Waals surface area contributed by atoms with Crippen LogP contribution < -0.4 is 10.1 Å². The highest BCUT2D eigenvalue weighted by Gasteiger charge is 2.22. The molecule has 6 heteroatoms. The highest BCUT2D eigenvalue weighted by molar-refractivity contribution is 5.85. The van der Waals surface area contributed by atoms with Crippen LogP contribution in [0.25, 0.3) is 0 Å². The Kier molecular flexibility index (Phi) is 7.91. The minimum atomic E-state index is -0.0474. The van der Waals surface area contributed by atoms with Gasteiger partial charge in [0, 0.05) is 38.6 Å². The van der Waals surface area contributed by atoms with Gasteiger partial charge in [0.25, 0.3) is 0 Å². The van der Waals surface area contributed by atoms with E-state index >= 15 is 0 Å². The third-order valence-corrected chi connectivity index (χ3v) is 4.84. The Morgan fingerprint density at radius 3 is 2.35 bits per heavy atom. The Balaban J connectivity index is 1.72. The molecule has 1 aromatic rings. The SMILES string of the molecule is CCOc1ccc(CN2CCN(C(=O)CNC(=O)C(C)CC)CC2)cc1. The maximum Gasteiger partial charge on any atom is 0.242 e. The summed E-state index contributed by atoms with van der Waals surface area (Å²) in [6.45, 7) is 10.6. The smallest absolute Gasteiger partial charge is 0.242 e. The second-order valence-electron chi connectivity index (χ2n) is 6.76. The number of hydrogen-bond donors (Lipinski definition) is 1. The van der Waals surface area contributed by atoms with E-state index in [-0.39, 0.29) is 24.3 Å². The summed E-state index contributed by atoms with van der Waals surface area (Å²) in [5, 5.41) is 2.74. The Morgan fingerprint density at radius 2 is 1.77 bits per heavy atom. The van der Waals surface area contributed by atoms with Crippen LogP contribution >= 0.6 is 0 Å². The molecule has 1 aliphatic rings. The van der Waals surface area contributed by atoms with Crippen LogP contribution in [0.4, 0.5) is 0 Å². The van der Waals surface area contributed by atoms with E-state index in [2.05, 4.69) is 22.3 Å². The van der Waals surface area contributed by atoms with Gasteiger partial charge in [-0.05, 0) is 31.0 Å².